The molecule has 0 bridgehead atoms. The lowest BCUT2D eigenvalue weighted by Gasteiger charge is -2.18. The summed E-state index contributed by atoms with van der Waals surface area (Å²) in [4.78, 5) is 13.0. The van der Waals surface area contributed by atoms with Crippen molar-refractivity contribution in [3.05, 3.63) is 48.0 Å². The first-order valence-corrected chi connectivity index (χ1v) is 7.55. The van der Waals surface area contributed by atoms with Crippen molar-refractivity contribution in [1.82, 2.24) is 0 Å². The van der Waals surface area contributed by atoms with Gasteiger partial charge in [-0.15, -0.1) is 11.8 Å². The highest BCUT2D eigenvalue weighted by Gasteiger charge is 2.13. The molecule has 21 heavy (non-hydrogen) atoms. The molecule has 108 valence electrons. The molecule has 0 saturated heterocycles. The second kappa shape index (κ2) is 6.10. The SMILES string of the molecule is O=C(CSc1ccc2c(c1)OCCO2)c1ccc(O)cc1. The third-order valence-corrected chi connectivity index (χ3v) is 4.07. The van der Waals surface area contributed by atoms with Crippen LogP contribution in [0, 0.1) is 0 Å². The van der Waals surface area contributed by atoms with Gasteiger partial charge < -0.3 is 14.6 Å². The maximum atomic E-state index is 12.1. The average Bonchev–Trinajstić information content (AvgIpc) is 2.53. The number of phenolic OH excluding ortho intramolecular Hbond substituents is 1. The third-order valence-electron chi connectivity index (χ3n) is 3.07. The summed E-state index contributed by atoms with van der Waals surface area (Å²) < 4.78 is 11.0. The van der Waals surface area contributed by atoms with Crippen molar-refractivity contribution < 1.29 is 19.4 Å². The second-order valence-corrected chi connectivity index (χ2v) is 5.61. The molecule has 3 rings (SSSR count). The number of hydrogen-bond acceptors (Lipinski definition) is 5. The van der Waals surface area contributed by atoms with Crippen molar-refractivity contribution in [3.63, 3.8) is 0 Å². The first kappa shape index (κ1) is 13.8. The van der Waals surface area contributed by atoms with E-state index in [2.05, 4.69) is 0 Å². The van der Waals surface area contributed by atoms with E-state index in [0.29, 0.717) is 24.5 Å². The Hall–Kier alpha value is -2.14. The van der Waals surface area contributed by atoms with Crippen LogP contribution in [0.4, 0.5) is 0 Å². The Kier molecular flexibility index (Phi) is 4.01. The van der Waals surface area contributed by atoms with Crippen molar-refractivity contribution in [2.45, 2.75) is 4.90 Å². The number of ketones is 1. The quantitative estimate of drug-likeness (QED) is 0.694. The molecule has 0 fully saturated rings. The Labute approximate surface area is 126 Å². The maximum Gasteiger partial charge on any atom is 0.173 e. The molecule has 2 aromatic rings. The molecule has 0 amide bonds. The summed E-state index contributed by atoms with van der Waals surface area (Å²) in [5.41, 5.74) is 0.595. The van der Waals surface area contributed by atoms with Crippen molar-refractivity contribution in [1.29, 1.82) is 0 Å². The van der Waals surface area contributed by atoms with Crippen LogP contribution in [0.5, 0.6) is 17.2 Å². The van der Waals surface area contributed by atoms with E-state index in [-0.39, 0.29) is 11.5 Å². The van der Waals surface area contributed by atoms with Crippen LogP contribution in [-0.4, -0.2) is 29.9 Å². The van der Waals surface area contributed by atoms with Crippen LogP contribution in [0.2, 0.25) is 0 Å². The van der Waals surface area contributed by atoms with Gasteiger partial charge in [-0.2, -0.15) is 0 Å². The van der Waals surface area contributed by atoms with Gasteiger partial charge in [0.15, 0.2) is 17.3 Å². The van der Waals surface area contributed by atoms with Crippen LogP contribution < -0.4 is 9.47 Å². The Morgan fingerprint density at radius 1 is 1.05 bits per heavy atom. The monoisotopic (exact) mass is 302 g/mol. The molecule has 5 heteroatoms. The molecule has 1 aliphatic rings. The normalized spacial score (nSPS) is 13.0. The molecule has 1 aliphatic heterocycles. The molecule has 2 aromatic carbocycles. The Bertz CT molecular complexity index is 652. The number of hydrogen-bond donors (Lipinski definition) is 1. The number of carbonyl (C=O) groups is 1. The van der Waals surface area contributed by atoms with Crippen molar-refractivity contribution >= 4 is 17.5 Å². The largest absolute Gasteiger partial charge is 0.508 e. The summed E-state index contributed by atoms with van der Waals surface area (Å²) in [7, 11) is 0. The number of benzene rings is 2. The molecule has 0 aromatic heterocycles. The van der Waals surface area contributed by atoms with E-state index in [9.17, 15) is 9.90 Å². The van der Waals surface area contributed by atoms with E-state index in [1.54, 1.807) is 12.1 Å². The van der Waals surface area contributed by atoms with Crippen LogP contribution in [-0.2, 0) is 0 Å². The fourth-order valence-corrected chi connectivity index (χ4v) is 2.81. The zero-order chi connectivity index (χ0) is 14.7. The fraction of sp³-hybridized carbons (Fsp3) is 0.188. The Morgan fingerprint density at radius 2 is 1.76 bits per heavy atom. The van der Waals surface area contributed by atoms with Gasteiger partial charge in [0, 0.05) is 10.5 Å². The lowest BCUT2D eigenvalue weighted by atomic mass is 10.1. The predicted octanol–water partition coefficient (Wildman–Crippen LogP) is 3.14. The molecular weight excluding hydrogens is 288 g/mol. The van der Waals surface area contributed by atoms with E-state index in [1.165, 1.54) is 23.9 Å². The summed E-state index contributed by atoms with van der Waals surface area (Å²) in [6, 6.07) is 12.0. The smallest absolute Gasteiger partial charge is 0.173 e. The number of carbonyl (C=O) groups excluding carboxylic acids is 1. The van der Waals surface area contributed by atoms with Crippen LogP contribution in [0.1, 0.15) is 10.4 Å². The van der Waals surface area contributed by atoms with E-state index < -0.39 is 0 Å². The van der Waals surface area contributed by atoms with Crippen LogP contribution in [0.25, 0.3) is 0 Å². The highest BCUT2D eigenvalue weighted by Crippen LogP contribution is 2.34. The van der Waals surface area contributed by atoms with Crippen molar-refractivity contribution in [2.24, 2.45) is 0 Å². The van der Waals surface area contributed by atoms with E-state index >= 15 is 0 Å². The second-order valence-electron chi connectivity index (χ2n) is 4.56. The minimum Gasteiger partial charge on any atom is -0.508 e. The number of rotatable bonds is 4. The van der Waals surface area contributed by atoms with Gasteiger partial charge in [-0.3, -0.25) is 4.79 Å². The maximum absolute atomic E-state index is 12.1. The standard InChI is InChI=1S/C16H14O4S/c17-12-3-1-11(2-4-12)14(18)10-21-13-5-6-15-16(9-13)20-8-7-19-15/h1-6,9,17H,7-8,10H2. The highest BCUT2D eigenvalue weighted by molar-refractivity contribution is 8.00. The molecule has 0 spiro atoms. The first-order valence-electron chi connectivity index (χ1n) is 6.57. The Morgan fingerprint density at radius 3 is 2.52 bits per heavy atom. The van der Waals surface area contributed by atoms with E-state index in [4.69, 9.17) is 9.47 Å². The average molecular weight is 302 g/mol. The summed E-state index contributed by atoms with van der Waals surface area (Å²) in [6.07, 6.45) is 0. The van der Waals surface area contributed by atoms with Gasteiger partial charge in [0.25, 0.3) is 0 Å². The number of Topliss-reactive ketones (excluding diaryl/α,β-unsaturated/α-hetero) is 1. The minimum atomic E-state index is 0.0230. The summed E-state index contributed by atoms with van der Waals surface area (Å²) in [5.74, 6) is 1.99. The first-order chi connectivity index (χ1) is 10.2. The van der Waals surface area contributed by atoms with Crippen molar-refractivity contribution in [3.8, 4) is 17.2 Å². The van der Waals surface area contributed by atoms with Crippen LogP contribution in [0.15, 0.2) is 47.4 Å². The molecule has 0 unspecified atom stereocenters. The Balaban J connectivity index is 1.64. The number of thioether (sulfide) groups is 1. The number of fused-ring (bicyclic) bond motifs is 1. The molecule has 0 atom stereocenters. The van der Waals surface area contributed by atoms with Gasteiger partial charge in [0.05, 0.1) is 5.75 Å². The summed E-state index contributed by atoms with van der Waals surface area (Å²) >= 11 is 1.45. The zero-order valence-corrected chi connectivity index (χ0v) is 12.1. The number of aromatic hydroxyl groups is 1. The third kappa shape index (κ3) is 3.31. The number of phenols is 1. The number of ether oxygens (including phenoxy) is 2. The molecule has 0 radical (unpaired) electrons. The van der Waals surface area contributed by atoms with E-state index in [1.807, 2.05) is 18.2 Å². The van der Waals surface area contributed by atoms with Crippen molar-refractivity contribution in [2.75, 3.05) is 19.0 Å². The lowest BCUT2D eigenvalue weighted by molar-refractivity contribution is 0.102. The topological polar surface area (TPSA) is 55.8 Å². The lowest BCUT2D eigenvalue weighted by Crippen LogP contribution is -2.15. The molecule has 0 aliphatic carbocycles. The van der Waals surface area contributed by atoms with Gasteiger partial charge in [-0.05, 0) is 42.5 Å². The summed E-state index contributed by atoms with van der Waals surface area (Å²) in [5, 5.41) is 9.22. The van der Waals surface area contributed by atoms with Gasteiger partial charge in [-0.25, -0.2) is 0 Å². The molecule has 1 N–H and O–H groups in total. The zero-order valence-electron chi connectivity index (χ0n) is 11.2. The highest BCUT2D eigenvalue weighted by atomic mass is 32.2. The van der Waals surface area contributed by atoms with Crippen LogP contribution >= 0.6 is 11.8 Å². The summed E-state index contributed by atoms with van der Waals surface area (Å²) in [6.45, 7) is 1.12. The van der Waals surface area contributed by atoms with Gasteiger partial charge in [-0.1, -0.05) is 0 Å². The molecular formula is C16H14O4S. The molecule has 1 heterocycles. The van der Waals surface area contributed by atoms with E-state index in [0.717, 1.165) is 16.4 Å². The van der Waals surface area contributed by atoms with Gasteiger partial charge in [0.2, 0.25) is 0 Å². The molecule has 4 nitrogen and oxygen atoms in total. The molecule has 0 saturated carbocycles. The van der Waals surface area contributed by atoms with Gasteiger partial charge >= 0.3 is 0 Å². The predicted molar refractivity (Wildman–Crippen MR) is 80.6 cm³/mol. The van der Waals surface area contributed by atoms with Gasteiger partial charge in [0.1, 0.15) is 19.0 Å². The minimum absolute atomic E-state index is 0.0230. The van der Waals surface area contributed by atoms with Crippen LogP contribution in [0.3, 0.4) is 0 Å². The fourth-order valence-electron chi connectivity index (χ4n) is 1.99.